The number of aryl methyl sites for hydroxylation is 2. The maximum atomic E-state index is 4.41. The summed E-state index contributed by atoms with van der Waals surface area (Å²) in [6, 6.07) is 0. The molecule has 2 heteroatoms. The maximum Gasteiger partial charge on any atom is 0.0625 e. The van der Waals surface area contributed by atoms with Gasteiger partial charge in [0.1, 0.15) is 0 Å². The van der Waals surface area contributed by atoms with Crippen LogP contribution in [0.25, 0.3) is 0 Å². The van der Waals surface area contributed by atoms with Crippen LogP contribution < -0.4 is 0 Å². The molecule has 0 aliphatic carbocycles. The highest BCUT2D eigenvalue weighted by molar-refractivity contribution is 5.25. The van der Waals surface area contributed by atoms with Gasteiger partial charge in [-0.2, -0.15) is 5.10 Å². The molecule has 0 saturated carbocycles. The largest absolute Gasteiger partial charge is 0.269 e. The highest BCUT2D eigenvalue weighted by Gasteiger charge is 2.15. The van der Waals surface area contributed by atoms with Crippen molar-refractivity contribution >= 4 is 0 Å². The number of rotatable bonds is 0. The van der Waals surface area contributed by atoms with Gasteiger partial charge in [0, 0.05) is 12.2 Å². The van der Waals surface area contributed by atoms with E-state index in [9.17, 15) is 0 Å². The first-order valence-electron chi connectivity index (χ1n) is 5.82. The second kappa shape index (κ2) is 6.63. The fraction of sp³-hybridized carbons (Fsp3) is 0.750. The van der Waals surface area contributed by atoms with Crippen molar-refractivity contribution in [2.24, 2.45) is 0 Å². The molecule has 1 aliphatic rings. The van der Waals surface area contributed by atoms with Crippen molar-refractivity contribution in [1.82, 2.24) is 9.78 Å². The minimum absolute atomic E-state index is 1.13. The van der Waals surface area contributed by atoms with E-state index in [1.165, 1.54) is 29.8 Å². The Bertz CT molecular complexity index is 262. The van der Waals surface area contributed by atoms with Crippen molar-refractivity contribution < 1.29 is 0 Å². The van der Waals surface area contributed by atoms with Gasteiger partial charge in [0.2, 0.25) is 0 Å². The van der Waals surface area contributed by atoms with Crippen molar-refractivity contribution in [3.05, 3.63) is 17.0 Å². The Morgan fingerprint density at radius 2 is 1.64 bits per heavy atom. The fourth-order valence-corrected chi connectivity index (χ4v) is 1.62. The number of fused-ring (bicyclic) bond motifs is 1. The fourth-order valence-electron chi connectivity index (χ4n) is 1.62. The zero-order chi connectivity index (χ0) is 11.1. The van der Waals surface area contributed by atoms with Crippen LogP contribution in [-0.4, -0.2) is 9.78 Å². The van der Waals surface area contributed by atoms with Crippen molar-refractivity contribution in [3.63, 3.8) is 0 Å². The third-order valence-electron chi connectivity index (χ3n) is 2.34. The highest BCUT2D eigenvalue weighted by Crippen LogP contribution is 2.19. The van der Waals surface area contributed by atoms with Crippen LogP contribution in [0.1, 0.15) is 51.1 Å². The molecule has 1 aromatic rings. The number of nitrogens with zero attached hydrogens (tertiary/aromatic N) is 2. The topological polar surface area (TPSA) is 17.8 Å². The molecule has 14 heavy (non-hydrogen) atoms. The molecule has 0 radical (unpaired) electrons. The predicted octanol–water partition coefficient (Wildman–Crippen LogP) is 3.50. The minimum Gasteiger partial charge on any atom is -0.269 e. The molecule has 0 bridgehead atoms. The Labute approximate surface area is 88.3 Å². The van der Waals surface area contributed by atoms with Gasteiger partial charge in [0.05, 0.1) is 5.69 Å². The second-order valence-corrected chi connectivity index (χ2v) is 2.98. The van der Waals surface area contributed by atoms with Gasteiger partial charge >= 0.3 is 0 Å². The van der Waals surface area contributed by atoms with Crippen molar-refractivity contribution in [2.45, 2.75) is 60.9 Å². The summed E-state index contributed by atoms with van der Waals surface area (Å²) in [5.74, 6) is 0. The van der Waals surface area contributed by atoms with Crippen LogP contribution in [0.15, 0.2) is 0 Å². The monoisotopic (exact) mass is 196 g/mol. The molecule has 2 heterocycles. The van der Waals surface area contributed by atoms with Crippen LogP contribution >= 0.6 is 0 Å². The van der Waals surface area contributed by atoms with Crippen LogP contribution in [0.2, 0.25) is 0 Å². The van der Waals surface area contributed by atoms with Crippen LogP contribution in [-0.2, 0) is 13.0 Å². The van der Waals surface area contributed by atoms with Gasteiger partial charge in [-0.05, 0) is 32.3 Å². The minimum atomic E-state index is 1.13. The average molecular weight is 196 g/mol. The molecule has 0 atom stereocenters. The van der Waals surface area contributed by atoms with Crippen LogP contribution in [0.3, 0.4) is 0 Å². The predicted molar refractivity (Wildman–Crippen MR) is 62.7 cm³/mol. The van der Waals surface area contributed by atoms with E-state index < -0.39 is 0 Å². The molecule has 0 N–H and O–H groups in total. The van der Waals surface area contributed by atoms with Crippen molar-refractivity contribution in [3.8, 4) is 0 Å². The Balaban J connectivity index is 0.000000379. The first-order valence-corrected chi connectivity index (χ1v) is 5.82. The summed E-state index contributed by atoms with van der Waals surface area (Å²) in [6.07, 6.45) is 2.51. The lowest BCUT2D eigenvalue weighted by Crippen LogP contribution is -1.93. The Morgan fingerprint density at radius 1 is 1.07 bits per heavy atom. The van der Waals surface area contributed by atoms with Gasteiger partial charge in [-0.15, -0.1) is 0 Å². The van der Waals surface area contributed by atoms with Crippen LogP contribution in [0.5, 0.6) is 0 Å². The van der Waals surface area contributed by atoms with Gasteiger partial charge in [-0.3, -0.25) is 4.68 Å². The summed E-state index contributed by atoms with van der Waals surface area (Å²) in [7, 11) is 0. The third kappa shape index (κ3) is 2.60. The lowest BCUT2D eigenvalue weighted by Gasteiger charge is -1.90. The molecule has 2 rings (SSSR count). The summed E-state index contributed by atoms with van der Waals surface area (Å²) < 4.78 is 2.14. The van der Waals surface area contributed by atoms with E-state index in [2.05, 4.69) is 23.6 Å². The Morgan fingerprint density at radius 3 is 2.14 bits per heavy atom. The number of aromatic nitrogens is 2. The molecule has 0 unspecified atom stereocenters. The standard InChI is InChI=1S/C8H12N2.2C2H6/c1-6-7(2)9-10-5-3-4-8(6)10;2*1-2/h3-5H2,1-2H3;2*1-2H3. The second-order valence-electron chi connectivity index (χ2n) is 2.98. The lowest BCUT2D eigenvalue weighted by atomic mass is 10.2. The van der Waals surface area contributed by atoms with E-state index in [0.29, 0.717) is 0 Å². The zero-order valence-corrected chi connectivity index (χ0v) is 10.5. The molecular weight excluding hydrogens is 172 g/mol. The summed E-state index contributed by atoms with van der Waals surface area (Å²) in [5, 5.41) is 4.41. The molecule has 0 aromatic carbocycles. The Hall–Kier alpha value is -0.790. The molecule has 2 nitrogen and oxygen atoms in total. The summed E-state index contributed by atoms with van der Waals surface area (Å²) in [5.41, 5.74) is 4.06. The SMILES string of the molecule is CC.CC.Cc1nn2c(c1C)CCC2. The summed E-state index contributed by atoms with van der Waals surface area (Å²) in [6.45, 7) is 13.4. The van der Waals surface area contributed by atoms with E-state index in [-0.39, 0.29) is 0 Å². The Kier molecular flexibility index (Phi) is 6.26. The average Bonchev–Trinajstić information content (AvgIpc) is 2.79. The first-order chi connectivity index (χ1) is 6.79. The van der Waals surface area contributed by atoms with E-state index >= 15 is 0 Å². The van der Waals surface area contributed by atoms with Gasteiger partial charge in [-0.1, -0.05) is 27.7 Å². The molecule has 0 spiro atoms. The third-order valence-corrected chi connectivity index (χ3v) is 2.34. The molecule has 1 aliphatic heterocycles. The first kappa shape index (κ1) is 13.2. The van der Waals surface area contributed by atoms with Crippen LogP contribution in [0, 0.1) is 13.8 Å². The molecule has 82 valence electrons. The van der Waals surface area contributed by atoms with E-state index in [1.807, 2.05) is 27.7 Å². The molecule has 0 amide bonds. The van der Waals surface area contributed by atoms with Gasteiger partial charge < -0.3 is 0 Å². The molecule has 0 saturated heterocycles. The van der Waals surface area contributed by atoms with Crippen molar-refractivity contribution in [2.75, 3.05) is 0 Å². The quantitative estimate of drug-likeness (QED) is 0.621. The highest BCUT2D eigenvalue weighted by atomic mass is 15.3. The van der Waals surface area contributed by atoms with Crippen LogP contribution in [0.4, 0.5) is 0 Å². The lowest BCUT2D eigenvalue weighted by molar-refractivity contribution is 0.650. The molecule has 0 fully saturated rings. The molecule has 1 aromatic heterocycles. The summed E-state index contributed by atoms with van der Waals surface area (Å²) >= 11 is 0. The van der Waals surface area contributed by atoms with Crippen molar-refractivity contribution in [1.29, 1.82) is 0 Å². The molecular formula is C12H24N2. The number of hydrogen-bond donors (Lipinski definition) is 0. The van der Waals surface area contributed by atoms with Gasteiger partial charge in [0.25, 0.3) is 0 Å². The van der Waals surface area contributed by atoms with Gasteiger partial charge in [0.15, 0.2) is 0 Å². The normalized spacial score (nSPS) is 12.1. The van der Waals surface area contributed by atoms with Gasteiger partial charge in [-0.25, -0.2) is 0 Å². The van der Waals surface area contributed by atoms with E-state index in [0.717, 1.165) is 6.54 Å². The zero-order valence-electron chi connectivity index (χ0n) is 10.5. The van der Waals surface area contributed by atoms with E-state index in [1.54, 1.807) is 0 Å². The maximum absolute atomic E-state index is 4.41. The summed E-state index contributed by atoms with van der Waals surface area (Å²) in [4.78, 5) is 0. The smallest absolute Gasteiger partial charge is 0.0625 e. The number of hydrogen-bond acceptors (Lipinski definition) is 1. The van der Waals surface area contributed by atoms with E-state index in [4.69, 9.17) is 0 Å².